The number of hydrogen-bond acceptors (Lipinski definition) is 5. The van der Waals surface area contributed by atoms with Crippen molar-refractivity contribution >= 4 is 11.7 Å². The standard InChI is InChI=1S/C15H15NO4/c16-12-4-2-6-14(8-12)19-10-15(18)20-9-11-3-1-5-13(17)7-11/h1-8,17H,9-10,16H2. The largest absolute Gasteiger partial charge is 0.508 e. The Kier molecular flexibility index (Phi) is 4.44. The number of carbonyl (C=O) groups excluding carboxylic acids is 1. The van der Waals surface area contributed by atoms with Crippen molar-refractivity contribution in [2.75, 3.05) is 12.3 Å². The van der Waals surface area contributed by atoms with E-state index in [0.29, 0.717) is 17.0 Å². The van der Waals surface area contributed by atoms with Gasteiger partial charge in [-0.3, -0.25) is 0 Å². The van der Waals surface area contributed by atoms with Crippen LogP contribution < -0.4 is 10.5 Å². The summed E-state index contributed by atoms with van der Waals surface area (Å²) in [7, 11) is 0. The van der Waals surface area contributed by atoms with Gasteiger partial charge < -0.3 is 20.3 Å². The maximum Gasteiger partial charge on any atom is 0.344 e. The fourth-order valence-corrected chi connectivity index (χ4v) is 1.60. The van der Waals surface area contributed by atoms with Gasteiger partial charge in [-0.25, -0.2) is 4.79 Å². The van der Waals surface area contributed by atoms with Crippen LogP contribution in [0, 0.1) is 0 Å². The SMILES string of the molecule is Nc1cccc(OCC(=O)OCc2cccc(O)c2)c1. The van der Waals surface area contributed by atoms with Crippen LogP contribution in [0.3, 0.4) is 0 Å². The summed E-state index contributed by atoms with van der Waals surface area (Å²) in [6.45, 7) is -0.101. The average molecular weight is 273 g/mol. The Morgan fingerprint density at radius 3 is 2.70 bits per heavy atom. The molecule has 2 aromatic carbocycles. The fourth-order valence-electron chi connectivity index (χ4n) is 1.60. The van der Waals surface area contributed by atoms with Crippen molar-refractivity contribution in [2.45, 2.75) is 6.61 Å². The fraction of sp³-hybridized carbons (Fsp3) is 0.133. The second kappa shape index (κ2) is 6.47. The lowest BCUT2D eigenvalue weighted by molar-refractivity contribution is -0.147. The molecule has 0 radical (unpaired) electrons. The Bertz CT molecular complexity index is 546. The number of nitrogens with two attached hydrogens (primary N) is 1. The highest BCUT2D eigenvalue weighted by atomic mass is 16.6. The molecule has 2 rings (SSSR count). The number of phenols is 1. The number of anilines is 1. The number of esters is 1. The van der Waals surface area contributed by atoms with Crippen LogP contribution in [0.1, 0.15) is 5.56 Å². The van der Waals surface area contributed by atoms with Gasteiger partial charge >= 0.3 is 5.97 Å². The molecule has 5 nitrogen and oxygen atoms in total. The molecule has 0 fully saturated rings. The second-order valence-electron chi connectivity index (χ2n) is 4.19. The molecule has 0 saturated carbocycles. The lowest BCUT2D eigenvalue weighted by atomic mass is 10.2. The predicted octanol–water partition coefficient (Wildman–Crippen LogP) is 2.10. The van der Waals surface area contributed by atoms with Gasteiger partial charge in [-0.1, -0.05) is 18.2 Å². The molecular weight excluding hydrogens is 258 g/mol. The van der Waals surface area contributed by atoms with E-state index in [4.69, 9.17) is 15.2 Å². The monoisotopic (exact) mass is 273 g/mol. The molecule has 3 N–H and O–H groups in total. The molecule has 0 atom stereocenters. The topological polar surface area (TPSA) is 81.8 Å². The summed E-state index contributed by atoms with van der Waals surface area (Å²) in [5.74, 6) is 0.157. The minimum Gasteiger partial charge on any atom is -0.508 e. The highest BCUT2D eigenvalue weighted by Gasteiger charge is 2.05. The summed E-state index contributed by atoms with van der Waals surface area (Å²) in [5.41, 5.74) is 6.87. The lowest BCUT2D eigenvalue weighted by Gasteiger charge is -2.07. The van der Waals surface area contributed by atoms with Gasteiger partial charge in [0, 0.05) is 11.8 Å². The zero-order valence-corrected chi connectivity index (χ0v) is 10.8. The zero-order chi connectivity index (χ0) is 14.4. The van der Waals surface area contributed by atoms with Crippen LogP contribution in [-0.2, 0) is 16.1 Å². The van der Waals surface area contributed by atoms with E-state index >= 15 is 0 Å². The van der Waals surface area contributed by atoms with Crippen molar-refractivity contribution in [1.29, 1.82) is 0 Å². The summed E-state index contributed by atoms with van der Waals surface area (Å²) < 4.78 is 10.3. The Balaban J connectivity index is 1.78. The van der Waals surface area contributed by atoms with Crippen LogP contribution in [0.15, 0.2) is 48.5 Å². The average Bonchev–Trinajstić information content (AvgIpc) is 2.43. The van der Waals surface area contributed by atoms with Crippen LogP contribution >= 0.6 is 0 Å². The first-order valence-electron chi connectivity index (χ1n) is 6.05. The first-order valence-corrected chi connectivity index (χ1v) is 6.05. The molecule has 0 heterocycles. The van der Waals surface area contributed by atoms with E-state index in [-0.39, 0.29) is 19.0 Å². The summed E-state index contributed by atoms with van der Waals surface area (Å²) in [5, 5.41) is 9.28. The number of benzene rings is 2. The molecule has 0 saturated heterocycles. The summed E-state index contributed by atoms with van der Waals surface area (Å²) in [4.78, 5) is 11.5. The van der Waals surface area contributed by atoms with E-state index in [1.165, 1.54) is 6.07 Å². The van der Waals surface area contributed by atoms with E-state index in [1.54, 1.807) is 42.5 Å². The maximum atomic E-state index is 11.5. The van der Waals surface area contributed by atoms with Crippen molar-refractivity contribution in [3.05, 3.63) is 54.1 Å². The normalized spacial score (nSPS) is 10.0. The summed E-state index contributed by atoms with van der Waals surface area (Å²) >= 11 is 0. The molecule has 0 unspecified atom stereocenters. The van der Waals surface area contributed by atoms with Gasteiger partial charge in [0.2, 0.25) is 0 Å². The lowest BCUT2D eigenvalue weighted by Crippen LogP contribution is -2.14. The molecule has 0 amide bonds. The number of carbonyl (C=O) groups is 1. The van der Waals surface area contributed by atoms with Gasteiger partial charge in [0.05, 0.1) is 0 Å². The first-order chi connectivity index (χ1) is 9.63. The van der Waals surface area contributed by atoms with Crippen molar-refractivity contribution in [3.8, 4) is 11.5 Å². The first kappa shape index (κ1) is 13.7. The van der Waals surface area contributed by atoms with Gasteiger partial charge in [-0.2, -0.15) is 0 Å². The molecule has 0 bridgehead atoms. The summed E-state index contributed by atoms with van der Waals surface area (Å²) in [6.07, 6.45) is 0. The number of hydrogen-bond donors (Lipinski definition) is 2. The molecule has 20 heavy (non-hydrogen) atoms. The smallest absolute Gasteiger partial charge is 0.344 e. The molecular formula is C15H15NO4. The van der Waals surface area contributed by atoms with Crippen LogP contribution in [0.2, 0.25) is 0 Å². The van der Waals surface area contributed by atoms with Crippen molar-refractivity contribution < 1.29 is 19.4 Å². The maximum absolute atomic E-state index is 11.5. The predicted molar refractivity (Wildman–Crippen MR) is 74.3 cm³/mol. The van der Waals surface area contributed by atoms with E-state index in [2.05, 4.69) is 0 Å². The quantitative estimate of drug-likeness (QED) is 0.644. The van der Waals surface area contributed by atoms with Crippen LogP contribution in [0.5, 0.6) is 11.5 Å². The van der Waals surface area contributed by atoms with Gasteiger partial charge in [-0.05, 0) is 29.8 Å². The zero-order valence-electron chi connectivity index (χ0n) is 10.8. The van der Waals surface area contributed by atoms with Gasteiger partial charge in [-0.15, -0.1) is 0 Å². The Labute approximate surface area is 116 Å². The molecule has 0 aliphatic rings. The van der Waals surface area contributed by atoms with E-state index in [9.17, 15) is 9.90 Å². The second-order valence-corrected chi connectivity index (χ2v) is 4.19. The van der Waals surface area contributed by atoms with Crippen LogP contribution in [0.4, 0.5) is 5.69 Å². The van der Waals surface area contributed by atoms with Gasteiger partial charge in [0.15, 0.2) is 6.61 Å². The third kappa shape index (κ3) is 4.20. The molecule has 0 aliphatic heterocycles. The number of nitrogen functional groups attached to an aromatic ring is 1. The number of ether oxygens (including phenoxy) is 2. The molecule has 5 heteroatoms. The van der Waals surface area contributed by atoms with Crippen molar-refractivity contribution in [1.82, 2.24) is 0 Å². The summed E-state index contributed by atoms with van der Waals surface area (Å²) in [6, 6.07) is 13.3. The highest BCUT2D eigenvalue weighted by Crippen LogP contribution is 2.15. The number of phenolic OH excluding ortho intramolecular Hbond substituents is 1. The molecule has 0 spiro atoms. The van der Waals surface area contributed by atoms with Gasteiger partial charge in [0.25, 0.3) is 0 Å². The van der Waals surface area contributed by atoms with E-state index in [0.717, 1.165) is 0 Å². The minimum atomic E-state index is -0.490. The van der Waals surface area contributed by atoms with Crippen molar-refractivity contribution in [3.63, 3.8) is 0 Å². The molecule has 2 aromatic rings. The minimum absolute atomic E-state index is 0.0908. The molecule has 0 aromatic heterocycles. The molecule has 104 valence electrons. The van der Waals surface area contributed by atoms with E-state index in [1.807, 2.05) is 0 Å². The third-order valence-corrected chi connectivity index (χ3v) is 2.53. The highest BCUT2D eigenvalue weighted by molar-refractivity contribution is 5.71. The van der Waals surface area contributed by atoms with Gasteiger partial charge in [0.1, 0.15) is 18.1 Å². The number of aromatic hydroxyl groups is 1. The van der Waals surface area contributed by atoms with Crippen molar-refractivity contribution in [2.24, 2.45) is 0 Å². The van der Waals surface area contributed by atoms with Crippen LogP contribution in [0.25, 0.3) is 0 Å². The Hall–Kier alpha value is -2.69. The molecule has 0 aliphatic carbocycles. The van der Waals surface area contributed by atoms with Crippen LogP contribution in [-0.4, -0.2) is 17.7 Å². The Morgan fingerprint density at radius 1 is 1.15 bits per heavy atom. The third-order valence-electron chi connectivity index (χ3n) is 2.53. The van der Waals surface area contributed by atoms with E-state index < -0.39 is 5.97 Å². The Morgan fingerprint density at radius 2 is 1.95 bits per heavy atom. The number of rotatable bonds is 5.